The van der Waals surface area contributed by atoms with E-state index in [0.717, 1.165) is 16.2 Å². The molecule has 1 aromatic heterocycles. The maximum Gasteiger partial charge on any atom is 0.265 e. The zero-order chi connectivity index (χ0) is 11.3. The molecule has 0 radical (unpaired) electrons. The predicted molar refractivity (Wildman–Crippen MR) is 54.7 cm³/mol. The molecule has 0 fully saturated rings. The number of amides is 1. The molecule has 15 heavy (non-hydrogen) atoms. The van der Waals surface area contributed by atoms with Gasteiger partial charge in [-0.2, -0.15) is 0 Å². The lowest BCUT2D eigenvalue weighted by molar-refractivity contribution is 0.0575. The maximum absolute atomic E-state index is 12.2. The molecule has 1 amide bonds. The van der Waals surface area contributed by atoms with E-state index in [1.54, 1.807) is 0 Å². The Morgan fingerprint density at radius 3 is 2.87 bits per heavy atom. The van der Waals surface area contributed by atoms with Gasteiger partial charge in [0.05, 0.1) is 18.3 Å². The van der Waals surface area contributed by atoms with Gasteiger partial charge in [0.2, 0.25) is 0 Å². The molecule has 0 bridgehead atoms. The highest BCUT2D eigenvalue weighted by atomic mass is 35.5. The van der Waals surface area contributed by atoms with Gasteiger partial charge in [0, 0.05) is 12.4 Å². The maximum atomic E-state index is 12.2. The lowest BCUT2D eigenvalue weighted by Gasteiger charge is -2.19. The highest BCUT2D eigenvalue weighted by Gasteiger charge is 2.20. The quantitative estimate of drug-likeness (QED) is 0.754. The average Bonchev–Trinajstić information content (AvgIpc) is 2.68. The van der Waals surface area contributed by atoms with Crippen molar-refractivity contribution < 1.29 is 13.6 Å². The van der Waals surface area contributed by atoms with Crippen molar-refractivity contribution in [3.05, 3.63) is 16.6 Å². The van der Waals surface area contributed by atoms with Crippen LogP contribution in [-0.4, -0.2) is 41.2 Å². The van der Waals surface area contributed by atoms with Gasteiger partial charge in [-0.1, -0.05) is 0 Å². The van der Waals surface area contributed by atoms with Crippen LogP contribution in [0.1, 0.15) is 9.67 Å². The fourth-order valence-electron chi connectivity index (χ4n) is 1.02. The first-order valence-corrected chi connectivity index (χ1v) is 5.58. The lowest BCUT2D eigenvalue weighted by Crippen LogP contribution is -2.36. The van der Waals surface area contributed by atoms with E-state index in [0.29, 0.717) is 4.88 Å². The zero-order valence-electron chi connectivity index (χ0n) is 7.70. The second-order valence-electron chi connectivity index (χ2n) is 2.70. The van der Waals surface area contributed by atoms with Gasteiger partial charge in [-0.25, -0.2) is 8.78 Å². The molecule has 0 atom stereocenters. The second kappa shape index (κ2) is 5.97. The Balaban J connectivity index is 2.67. The predicted octanol–water partition coefficient (Wildman–Crippen LogP) is 2.09. The second-order valence-corrected chi connectivity index (χ2v) is 3.96. The van der Waals surface area contributed by atoms with Crippen LogP contribution in [0.2, 0.25) is 0 Å². The third kappa shape index (κ3) is 3.71. The van der Waals surface area contributed by atoms with Crippen LogP contribution in [-0.2, 0) is 0 Å². The van der Waals surface area contributed by atoms with Gasteiger partial charge in [0.25, 0.3) is 12.3 Å². The van der Waals surface area contributed by atoms with Crippen molar-refractivity contribution in [3.8, 4) is 0 Å². The summed E-state index contributed by atoms with van der Waals surface area (Å²) >= 11 is 6.56. The van der Waals surface area contributed by atoms with E-state index in [1.165, 1.54) is 11.7 Å². The summed E-state index contributed by atoms with van der Waals surface area (Å²) in [6.45, 7) is -0.480. The Hall–Kier alpha value is -0.750. The molecule has 0 aliphatic rings. The van der Waals surface area contributed by atoms with Crippen molar-refractivity contribution in [1.82, 2.24) is 9.88 Å². The first kappa shape index (κ1) is 12.3. The summed E-state index contributed by atoms with van der Waals surface area (Å²) in [5, 5.41) is 0. The van der Waals surface area contributed by atoms with Crippen LogP contribution in [0.25, 0.3) is 0 Å². The Bertz CT molecular complexity index is 308. The number of halogens is 3. The van der Waals surface area contributed by atoms with Gasteiger partial charge in [-0.3, -0.25) is 9.78 Å². The number of nitrogens with zero attached hydrogens (tertiary/aromatic N) is 2. The molecule has 0 saturated carbocycles. The molecule has 3 nitrogen and oxygen atoms in total. The van der Waals surface area contributed by atoms with Crippen LogP contribution in [0.3, 0.4) is 0 Å². The summed E-state index contributed by atoms with van der Waals surface area (Å²) in [4.78, 5) is 16.7. The number of hydrogen-bond acceptors (Lipinski definition) is 3. The SMILES string of the molecule is O=C(c1cncs1)N(CCCl)CC(F)F. The van der Waals surface area contributed by atoms with E-state index >= 15 is 0 Å². The monoisotopic (exact) mass is 254 g/mol. The van der Waals surface area contributed by atoms with Crippen molar-refractivity contribution >= 4 is 28.8 Å². The summed E-state index contributed by atoms with van der Waals surface area (Å²) in [7, 11) is 0. The lowest BCUT2D eigenvalue weighted by atomic mass is 10.4. The molecule has 1 rings (SSSR count). The third-order valence-electron chi connectivity index (χ3n) is 1.64. The smallest absolute Gasteiger partial charge is 0.265 e. The minimum absolute atomic E-state index is 0.114. The van der Waals surface area contributed by atoms with Gasteiger partial charge in [-0.15, -0.1) is 22.9 Å². The standard InChI is InChI=1S/C8H9ClF2N2OS/c9-1-2-13(4-7(10)11)8(14)6-3-12-5-15-6/h3,5,7H,1-2,4H2. The number of carbonyl (C=O) groups is 1. The number of hydrogen-bond donors (Lipinski definition) is 0. The Kier molecular flexibility index (Phi) is 4.90. The number of thiazole rings is 1. The molecule has 0 spiro atoms. The molecule has 0 aliphatic carbocycles. The number of aromatic nitrogens is 1. The molecule has 0 unspecified atom stereocenters. The van der Waals surface area contributed by atoms with E-state index in [1.807, 2.05) is 0 Å². The van der Waals surface area contributed by atoms with Crippen LogP contribution in [0.15, 0.2) is 11.7 Å². The largest absolute Gasteiger partial charge is 0.331 e. The Morgan fingerprint density at radius 2 is 2.40 bits per heavy atom. The van der Waals surface area contributed by atoms with Crippen LogP contribution in [0, 0.1) is 0 Å². The zero-order valence-corrected chi connectivity index (χ0v) is 9.27. The van der Waals surface area contributed by atoms with Gasteiger partial charge >= 0.3 is 0 Å². The highest BCUT2D eigenvalue weighted by Crippen LogP contribution is 2.11. The summed E-state index contributed by atoms with van der Waals surface area (Å²) in [5.41, 5.74) is 1.48. The van der Waals surface area contributed by atoms with E-state index in [2.05, 4.69) is 4.98 Å². The van der Waals surface area contributed by atoms with Crippen molar-refractivity contribution in [2.75, 3.05) is 19.0 Å². The van der Waals surface area contributed by atoms with Crippen molar-refractivity contribution in [3.63, 3.8) is 0 Å². The van der Waals surface area contributed by atoms with Crippen LogP contribution in [0.5, 0.6) is 0 Å². The van der Waals surface area contributed by atoms with Crippen LogP contribution in [0.4, 0.5) is 8.78 Å². The molecule has 0 aliphatic heterocycles. The Labute approximate surface area is 94.7 Å². The van der Waals surface area contributed by atoms with Gasteiger partial charge in [0.15, 0.2) is 0 Å². The average molecular weight is 255 g/mol. The van der Waals surface area contributed by atoms with Crippen LogP contribution >= 0.6 is 22.9 Å². The van der Waals surface area contributed by atoms with E-state index in [4.69, 9.17) is 11.6 Å². The summed E-state index contributed by atoms with van der Waals surface area (Å²) in [6.07, 6.45) is -1.19. The van der Waals surface area contributed by atoms with Gasteiger partial charge in [0.1, 0.15) is 4.88 Å². The first-order valence-electron chi connectivity index (χ1n) is 4.17. The highest BCUT2D eigenvalue weighted by molar-refractivity contribution is 7.11. The molecular formula is C8H9ClF2N2OS. The minimum Gasteiger partial charge on any atom is -0.331 e. The molecule has 1 heterocycles. The van der Waals surface area contributed by atoms with E-state index in [9.17, 15) is 13.6 Å². The summed E-state index contributed by atoms with van der Waals surface area (Å²) in [5.74, 6) is -0.310. The Morgan fingerprint density at radius 1 is 1.67 bits per heavy atom. The summed E-state index contributed by atoms with van der Waals surface area (Å²) in [6, 6.07) is 0. The molecule has 7 heteroatoms. The summed E-state index contributed by atoms with van der Waals surface area (Å²) < 4.78 is 24.3. The van der Waals surface area contributed by atoms with Gasteiger partial charge in [-0.05, 0) is 0 Å². The van der Waals surface area contributed by atoms with Crippen molar-refractivity contribution in [2.24, 2.45) is 0 Å². The topological polar surface area (TPSA) is 33.2 Å². The van der Waals surface area contributed by atoms with Crippen molar-refractivity contribution in [2.45, 2.75) is 6.43 Å². The molecule has 0 saturated heterocycles. The van der Waals surface area contributed by atoms with E-state index in [-0.39, 0.29) is 12.4 Å². The number of carbonyl (C=O) groups excluding carboxylic acids is 1. The molecular weight excluding hydrogens is 246 g/mol. The fraction of sp³-hybridized carbons (Fsp3) is 0.500. The fourth-order valence-corrected chi connectivity index (χ4v) is 1.81. The number of rotatable bonds is 5. The van der Waals surface area contributed by atoms with E-state index < -0.39 is 18.9 Å². The third-order valence-corrected chi connectivity index (χ3v) is 2.57. The number of alkyl halides is 3. The van der Waals surface area contributed by atoms with Crippen LogP contribution < -0.4 is 0 Å². The normalized spacial score (nSPS) is 10.7. The molecule has 0 N–H and O–H groups in total. The minimum atomic E-state index is -2.55. The molecule has 84 valence electrons. The molecule has 1 aromatic rings. The molecule has 0 aromatic carbocycles. The van der Waals surface area contributed by atoms with Crippen molar-refractivity contribution in [1.29, 1.82) is 0 Å². The first-order chi connectivity index (χ1) is 7.15. The van der Waals surface area contributed by atoms with Gasteiger partial charge < -0.3 is 4.90 Å².